The fourth-order valence-electron chi connectivity index (χ4n) is 4.49. The Bertz CT molecular complexity index is 1240. The number of hydrogen-bond acceptors (Lipinski definition) is 4. The molecule has 0 atom stereocenters. The molecule has 3 aromatic rings. The highest BCUT2D eigenvalue weighted by Gasteiger charge is 2.28. The zero-order valence-electron chi connectivity index (χ0n) is 18.9. The number of carbonyl (C=O) groups is 1. The van der Waals surface area contributed by atoms with E-state index in [4.69, 9.17) is 0 Å². The molecule has 0 bridgehead atoms. The monoisotopic (exact) mass is 448 g/mol. The highest BCUT2D eigenvalue weighted by atomic mass is 19.1. The van der Waals surface area contributed by atoms with Gasteiger partial charge in [0.2, 0.25) is 5.43 Å². The molecule has 0 radical (unpaired) electrons. The van der Waals surface area contributed by atoms with Crippen molar-refractivity contribution in [2.45, 2.75) is 32.2 Å². The Labute approximate surface area is 192 Å². The van der Waals surface area contributed by atoms with Gasteiger partial charge in [-0.2, -0.15) is 0 Å². The van der Waals surface area contributed by atoms with Crippen LogP contribution < -0.4 is 21.0 Å². The van der Waals surface area contributed by atoms with Gasteiger partial charge in [0.1, 0.15) is 11.4 Å². The maximum absolute atomic E-state index is 15.1. The van der Waals surface area contributed by atoms with Crippen LogP contribution in [0, 0.1) is 12.7 Å². The molecule has 2 fully saturated rings. The molecule has 6 nitrogen and oxygen atoms in total. The summed E-state index contributed by atoms with van der Waals surface area (Å²) in [5, 5.41) is 6.41. The Morgan fingerprint density at radius 1 is 1.15 bits per heavy atom. The van der Waals surface area contributed by atoms with E-state index >= 15 is 4.39 Å². The number of nitrogens with zero attached hydrogens (tertiary/aromatic N) is 2. The predicted molar refractivity (Wildman–Crippen MR) is 129 cm³/mol. The van der Waals surface area contributed by atoms with Crippen molar-refractivity contribution in [3.05, 3.63) is 75.3 Å². The minimum Gasteiger partial charge on any atom is -0.367 e. The van der Waals surface area contributed by atoms with Crippen molar-refractivity contribution in [2.24, 2.45) is 0 Å². The minimum absolute atomic E-state index is 0.0765. The molecule has 1 aliphatic carbocycles. The van der Waals surface area contributed by atoms with Crippen LogP contribution in [0.5, 0.6) is 0 Å². The van der Waals surface area contributed by atoms with Crippen LogP contribution in [0.2, 0.25) is 0 Å². The summed E-state index contributed by atoms with van der Waals surface area (Å²) in [6, 6.07) is 11.5. The topological polar surface area (TPSA) is 66.4 Å². The molecule has 2 aliphatic rings. The number of aryl methyl sites for hydroxylation is 1. The summed E-state index contributed by atoms with van der Waals surface area (Å²) in [5.41, 5.74) is 3.19. The van der Waals surface area contributed by atoms with Gasteiger partial charge in [0.25, 0.3) is 5.91 Å². The molecule has 0 unspecified atom stereocenters. The molecule has 5 rings (SSSR count). The number of benzene rings is 2. The number of rotatable bonds is 6. The van der Waals surface area contributed by atoms with Crippen molar-refractivity contribution in [1.29, 1.82) is 0 Å². The summed E-state index contributed by atoms with van der Waals surface area (Å²) in [6.07, 6.45) is 4.33. The normalized spacial score (nSPS) is 16.2. The molecule has 1 saturated carbocycles. The summed E-state index contributed by atoms with van der Waals surface area (Å²) >= 11 is 0. The van der Waals surface area contributed by atoms with E-state index in [1.807, 2.05) is 40.7 Å². The third-order valence-electron chi connectivity index (χ3n) is 6.56. The highest BCUT2D eigenvalue weighted by molar-refractivity contribution is 5.98. The van der Waals surface area contributed by atoms with Gasteiger partial charge >= 0.3 is 0 Å². The Morgan fingerprint density at radius 3 is 2.58 bits per heavy atom. The molecular weight excluding hydrogens is 419 g/mol. The van der Waals surface area contributed by atoms with Crippen molar-refractivity contribution < 1.29 is 9.18 Å². The minimum atomic E-state index is -0.416. The molecule has 0 spiro atoms. The van der Waals surface area contributed by atoms with E-state index in [0.717, 1.165) is 44.6 Å². The predicted octanol–water partition coefficient (Wildman–Crippen LogP) is 3.17. The molecule has 1 amide bonds. The smallest absolute Gasteiger partial charge is 0.256 e. The Balaban J connectivity index is 1.44. The van der Waals surface area contributed by atoms with Crippen molar-refractivity contribution in [3.8, 4) is 0 Å². The van der Waals surface area contributed by atoms with E-state index in [1.165, 1.54) is 11.6 Å². The number of fused-ring (bicyclic) bond motifs is 1. The molecule has 33 heavy (non-hydrogen) atoms. The third-order valence-corrected chi connectivity index (χ3v) is 6.56. The number of nitrogens with one attached hydrogen (secondary N) is 2. The van der Waals surface area contributed by atoms with Gasteiger partial charge in [0, 0.05) is 50.3 Å². The summed E-state index contributed by atoms with van der Waals surface area (Å²) in [5.74, 6) is -0.823. The molecule has 2 aromatic carbocycles. The van der Waals surface area contributed by atoms with Gasteiger partial charge < -0.3 is 20.1 Å². The fraction of sp³-hybridized carbons (Fsp3) is 0.385. The van der Waals surface area contributed by atoms with Crippen LogP contribution in [0.4, 0.5) is 10.1 Å². The molecule has 7 heteroatoms. The van der Waals surface area contributed by atoms with Gasteiger partial charge in [-0.1, -0.05) is 29.8 Å². The van der Waals surface area contributed by atoms with E-state index in [9.17, 15) is 9.59 Å². The van der Waals surface area contributed by atoms with Crippen molar-refractivity contribution in [2.75, 3.05) is 37.6 Å². The number of pyridine rings is 1. The summed E-state index contributed by atoms with van der Waals surface area (Å²) in [4.78, 5) is 28.1. The van der Waals surface area contributed by atoms with E-state index in [1.54, 1.807) is 12.3 Å². The second-order valence-electron chi connectivity index (χ2n) is 9.06. The lowest BCUT2D eigenvalue weighted by atomic mass is 10.1. The van der Waals surface area contributed by atoms with E-state index in [2.05, 4.69) is 10.6 Å². The molecule has 172 valence electrons. The lowest BCUT2D eigenvalue weighted by Crippen LogP contribution is -2.44. The third kappa shape index (κ3) is 4.50. The van der Waals surface area contributed by atoms with Gasteiger partial charge in [0.15, 0.2) is 0 Å². The van der Waals surface area contributed by atoms with Crippen LogP contribution >= 0.6 is 0 Å². The number of halogens is 1. The quantitative estimate of drug-likeness (QED) is 0.608. The molecule has 2 N–H and O–H groups in total. The first-order valence-electron chi connectivity index (χ1n) is 11.7. The zero-order chi connectivity index (χ0) is 22.9. The van der Waals surface area contributed by atoms with Gasteiger partial charge in [-0.25, -0.2) is 4.39 Å². The number of piperazine rings is 1. The number of aromatic nitrogens is 1. The van der Waals surface area contributed by atoms with Crippen LogP contribution in [-0.4, -0.2) is 43.2 Å². The maximum atomic E-state index is 15.1. The average molecular weight is 449 g/mol. The zero-order valence-corrected chi connectivity index (χ0v) is 18.9. The van der Waals surface area contributed by atoms with Gasteiger partial charge in [0.05, 0.1) is 11.2 Å². The largest absolute Gasteiger partial charge is 0.367 e. The first kappa shape index (κ1) is 21.6. The molecule has 2 heterocycles. The average Bonchev–Trinajstić information content (AvgIpc) is 3.66. The lowest BCUT2D eigenvalue weighted by molar-refractivity contribution is 0.0952. The maximum Gasteiger partial charge on any atom is 0.256 e. The second-order valence-corrected chi connectivity index (χ2v) is 9.06. The van der Waals surface area contributed by atoms with Crippen LogP contribution in [0.3, 0.4) is 0 Å². The van der Waals surface area contributed by atoms with Gasteiger partial charge in [-0.05, 0) is 43.9 Å². The summed E-state index contributed by atoms with van der Waals surface area (Å²) < 4.78 is 17.1. The highest BCUT2D eigenvalue weighted by Crippen LogP contribution is 2.38. The Morgan fingerprint density at radius 2 is 1.88 bits per heavy atom. The van der Waals surface area contributed by atoms with E-state index in [-0.39, 0.29) is 17.0 Å². The molecule has 1 saturated heterocycles. The van der Waals surface area contributed by atoms with Crippen LogP contribution in [0.25, 0.3) is 10.9 Å². The molecule has 1 aromatic heterocycles. The molecule has 1 aliphatic heterocycles. The Kier molecular flexibility index (Phi) is 5.89. The number of hydrogen-bond donors (Lipinski definition) is 2. The SMILES string of the molecule is Cc1ccc(CCNC(=O)c2cn(C3CC3)c3cc(N4CCNCC4)c(F)cc3c2=O)cc1. The van der Waals surface area contributed by atoms with E-state index in [0.29, 0.717) is 24.2 Å². The fourth-order valence-corrected chi connectivity index (χ4v) is 4.49. The standard InChI is InChI=1S/C26H29FN4O2/c1-17-2-4-18(5-3-17)8-9-29-26(33)21-16-31(19-6-7-19)23-15-24(30-12-10-28-11-13-30)22(27)14-20(23)25(21)32/h2-5,14-16,19,28H,6-13H2,1H3,(H,29,33). The van der Waals surface area contributed by atoms with Crippen molar-refractivity contribution in [1.82, 2.24) is 15.2 Å². The summed E-state index contributed by atoms with van der Waals surface area (Å²) in [7, 11) is 0. The van der Waals surface area contributed by atoms with Crippen LogP contribution in [0.1, 0.15) is 40.4 Å². The first-order valence-corrected chi connectivity index (χ1v) is 11.7. The lowest BCUT2D eigenvalue weighted by Gasteiger charge is -2.30. The van der Waals surface area contributed by atoms with Crippen molar-refractivity contribution in [3.63, 3.8) is 0 Å². The van der Waals surface area contributed by atoms with Crippen LogP contribution in [0.15, 0.2) is 47.4 Å². The first-order chi connectivity index (χ1) is 16.0. The van der Waals surface area contributed by atoms with Gasteiger partial charge in [-0.15, -0.1) is 0 Å². The van der Waals surface area contributed by atoms with Gasteiger partial charge in [-0.3, -0.25) is 9.59 Å². The Hall–Kier alpha value is -3.19. The second kappa shape index (κ2) is 8.98. The van der Waals surface area contributed by atoms with Crippen molar-refractivity contribution >= 4 is 22.5 Å². The number of carbonyl (C=O) groups excluding carboxylic acids is 1. The van der Waals surface area contributed by atoms with E-state index < -0.39 is 17.2 Å². The molecular formula is C26H29FN4O2. The summed E-state index contributed by atoms with van der Waals surface area (Å²) in [6.45, 7) is 5.50. The number of amides is 1. The van der Waals surface area contributed by atoms with Crippen LogP contribution in [-0.2, 0) is 6.42 Å². The number of anilines is 1.